The van der Waals surface area contributed by atoms with Gasteiger partial charge in [0.15, 0.2) is 5.82 Å². The lowest BCUT2D eigenvalue weighted by atomic mass is 10.2. The molecule has 0 aliphatic rings. The van der Waals surface area contributed by atoms with Crippen LogP contribution in [0.15, 0.2) is 41.2 Å². The molecule has 0 atom stereocenters. The lowest BCUT2D eigenvalue weighted by Gasteiger charge is -1.93. The lowest BCUT2D eigenvalue weighted by molar-refractivity contribution is 1.19. The third kappa shape index (κ3) is 1.57. The summed E-state index contributed by atoms with van der Waals surface area (Å²) in [6, 6.07) is 12.3. The van der Waals surface area contributed by atoms with Crippen molar-refractivity contribution in [3.05, 3.63) is 52.3 Å². The van der Waals surface area contributed by atoms with Gasteiger partial charge in [-0.05, 0) is 18.2 Å². The normalized spacial score (nSPS) is 10.4. The van der Waals surface area contributed by atoms with Gasteiger partial charge in [-0.2, -0.15) is 5.26 Å². The van der Waals surface area contributed by atoms with Crippen molar-refractivity contribution in [3.8, 4) is 17.6 Å². The van der Waals surface area contributed by atoms with Gasteiger partial charge >= 0.3 is 0 Å². The number of para-hydroxylation sites is 1. The molecule has 3 rings (SSSR count). The fourth-order valence-corrected chi connectivity index (χ4v) is 1.84. The quantitative estimate of drug-likeness (QED) is 0.675. The Morgan fingerprint density at radius 1 is 1.11 bits per heavy atom. The number of hydrogen-bond acceptors (Lipinski definition) is 3. The van der Waals surface area contributed by atoms with Crippen molar-refractivity contribution in [2.75, 3.05) is 0 Å². The van der Waals surface area contributed by atoms with E-state index in [-0.39, 0.29) is 5.56 Å². The first kappa shape index (κ1) is 10.3. The van der Waals surface area contributed by atoms with Gasteiger partial charge in [0.2, 0.25) is 5.56 Å². The number of aromatic nitrogens is 3. The molecule has 0 bridgehead atoms. The van der Waals surface area contributed by atoms with Crippen LogP contribution in [0.3, 0.4) is 0 Å². The fourth-order valence-electron chi connectivity index (χ4n) is 1.84. The number of nitrogens with one attached hydrogen (secondary N) is 2. The molecule has 18 heavy (non-hydrogen) atoms. The topological polar surface area (TPSA) is 85.3 Å². The van der Waals surface area contributed by atoms with Crippen LogP contribution < -0.4 is 5.56 Å². The number of aromatic amines is 2. The molecule has 0 amide bonds. The molecule has 0 fully saturated rings. The molecule has 2 aromatic heterocycles. The summed E-state index contributed by atoms with van der Waals surface area (Å²) in [5, 5.41) is 9.00. The summed E-state index contributed by atoms with van der Waals surface area (Å²) < 4.78 is 0. The molecule has 86 valence electrons. The zero-order chi connectivity index (χ0) is 12.5. The third-order valence-electron chi connectivity index (χ3n) is 2.66. The molecule has 3 aromatic rings. The second-order valence-electron chi connectivity index (χ2n) is 3.83. The molecular formula is C13H8N4O. The van der Waals surface area contributed by atoms with Gasteiger partial charge in [-0.25, -0.2) is 4.98 Å². The van der Waals surface area contributed by atoms with E-state index in [2.05, 4.69) is 21.0 Å². The van der Waals surface area contributed by atoms with E-state index in [1.165, 1.54) is 6.07 Å². The summed E-state index contributed by atoms with van der Waals surface area (Å²) in [6.45, 7) is 0. The van der Waals surface area contributed by atoms with Crippen LogP contribution in [0.5, 0.6) is 0 Å². The van der Waals surface area contributed by atoms with Crippen LogP contribution in [-0.2, 0) is 0 Å². The van der Waals surface area contributed by atoms with E-state index in [1.54, 1.807) is 24.3 Å². The van der Waals surface area contributed by atoms with Gasteiger partial charge in [-0.3, -0.25) is 4.79 Å². The first-order valence-corrected chi connectivity index (χ1v) is 5.36. The molecule has 0 aliphatic carbocycles. The fraction of sp³-hybridized carbons (Fsp3) is 0. The van der Waals surface area contributed by atoms with Gasteiger partial charge in [-0.15, -0.1) is 0 Å². The Balaban J connectivity index is 2.26. The van der Waals surface area contributed by atoms with Gasteiger partial charge < -0.3 is 9.97 Å². The summed E-state index contributed by atoms with van der Waals surface area (Å²) in [4.78, 5) is 21.4. The maximum atomic E-state index is 11.3. The number of nitrogens with zero attached hydrogens (tertiary/aromatic N) is 2. The van der Waals surface area contributed by atoms with Crippen LogP contribution in [0.2, 0.25) is 0 Å². The van der Waals surface area contributed by atoms with Crippen LogP contribution >= 0.6 is 0 Å². The molecule has 0 spiro atoms. The highest BCUT2D eigenvalue weighted by Crippen LogP contribution is 2.20. The van der Waals surface area contributed by atoms with Crippen LogP contribution in [0.1, 0.15) is 5.56 Å². The highest BCUT2D eigenvalue weighted by Gasteiger charge is 2.08. The number of H-pyrrole nitrogens is 2. The second-order valence-corrected chi connectivity index (χ2v) is 3.83. The van der Waals surface area contributed by atoms with E-state index in [0.29, 0.717) is 22.6 Å². The minimum Gasteiger partial charge on any atom is -0.337 e. The Morgan fingerprint density at radius 3 is 2.72 bits per heavy atom. The van der Waals surface area contributed by atoms with Crippen molar-refractivity contribution in [2.45, 2.75) is 0 Å². The lowest BCUT2D eigenvalue weighted by Crippen LogP contribution is -2.03. The standard InChI is InChI=1S/C13H8N4O/c14-7-8-3-1-4-9-12(8)17-13(16-9)10-5-2-6-11(18)15-10/h1-6H,(H,15,18)(H,16,17). The van der Waals surface area contributed by atoms with E-state index in [4.69, 9.17) is 5.26 Å². The Hall–Kier alpha value is -2.87. The average molecular weight is 236 g/mol. The summed E-state index contributed by atoms with van der Waals surface area (Å²) in [5.41, 5.74) is 2.30. The maximum absolute atomic E-state index is 11.3. The van der Waals surface area contributed by atoms with Crippen molar-refractivity contribution in [2.24, 2.45) is 0 Å². The van der Waals surface area contributed by atoms with E-state index >= 15 is 0 Å². The van der Waals surface area contributed by atoms with Gasteiger partial charge in [0.1, 0.15) is 11.6 Å². The predicted octanol–water partition coefficient (Wildman–Crippen LogP) is 1.79. The number of imidazole rings is 1. The number of hydrogen-bond donors (Lipinski definition) is 2. The minimum absolute atomic E-state index is 0.187. The molecule has 0 radical (unpaired) electrons. The third-order valence-corrected chi connectivity index (χ3v) is 2.66. The molecule has 1 aromatic carbocycles. The van der Waals surface area contributed by atoms with E-state index in [0.717, 1.165) is 5.52 Å². The SMILES string of the molecule is N#Cc1cccc2[nH]c(-c3cccc(=O)[nH]3)nc12. The van der Waals surface area contributed by atoms with Gasteiger partial charge in [0, 0.05) is 6.07 Å². The number of rotatable bonds is 1. The monoisotopic (exact) mass is 236 g/mol. The molecular weight excluding hydrogens is 228 g/mol. The molecule has 0 unspecified atom stereocenters. The van der Waals surface area contributed by atoms with Crippen molar-refractivity contribution in [3.63, 3.8) is 0 Å². The molecule has 0 saturated carbocycles. The Morgan fingerprint density at radius 2 is 1.94 bits per heavy atom. The molecule has 2 heterocycles. The largest absolute Gasteiger partial charge is 0.337 e. The van der Waals surface area contributed by atoms with Crippen molar-refractivity contribution in [1.82, 2.24) is 15.0 Å². The molecule has 2 N–H and O–H groups in total. The van der Waals surface area contributed by atoms with E-state index < -0.39 is 0 Å². The predicted molar refractivity (Wildman–Crippen MR) is 66.9 cm³/mol. The molecule has 0 aliphatic heterocycles. The Kier molecular flexibility index (Phi) is 2.21. The van der Waals surface area contributed by atoms with Gasteiger partial charge in [-0.1, -0.05) is 12.1 Å². The van der Waals surface area contributed by atoms with Crippen LogP contribution in [-0.4, -0.2) is 15.0 Å². The van der Waals surface area contributed by atoms with Crippen LogP contribution in [0.4, 0.5) is 0 Å². The van der Waals surface area contributed by atoms with Gasteiger partial charge in [0.05, 0.1) is 16.8 Å². The number of pyridine rings is 1. The highest BCUT2D eigenvalue weighted by molar-refractivity contribution is 5.84. The first-order chi connectivity index (χ1) is 8.78. The van der Waals surface area contributed by atoms with Crippen LogP contribution in [0, 0.1) is 11.3 Å². The zero-order valence-electron chi connectivity index (χ0n) is 9.27. The Labute approximate surface area is 102 Å². The highest BCUT2D eigenvalue weighted by atomic mass is 16.1. The molecule has 5 heteroatoms. The number of benzene rings is 1. The number of fused-ring (bicyclic) bond motifs is 1. The minimum atomic E-state index is -0.187. The molecule has 5 nitrogen and oxygen atoms in total. The van der Waals surface area contributed by atoms with Crippen LogP contribution in [0.25, 0.3) is 22.6 Å². The van der Waals surface area contributed by atoms with Crippen molar-refractivity contribution < 1.29 is 0 Å². The zero-order valence-corrected chi connectivity index (χ0v) is 9.27. The van der Waals surface area contributed by atoms with E-state index in [1.807, 2.05) is 6.07 Å². The summed E-state index contributed by atoms with van der Waals surface area (Å²) >= 11 is 0. The summed E-state index contributed by atoms with van der Waals surface area (Å²) in [5.74, 6) is 0.547. The Bertz CT molecular complexity index is 823. The summed E-state index contributed by atoms with van der Waals surface area (Å²) in [6.07, 6.45) is 0. The first-order valence-electron chi connectivity index (χ1n) is 5.36. The van der Waals surface area contributed by atoms with Gasteiger partial charge in [0.25, 0.3) is 0 Å². The van der Waals surface area contributed by atoms with E-state index in [9.17, 15) is 4.79 Å². The average Bonchev–Trinajstić information content (AvgIpc) is 2.82. The summed E-state index contributed by atoms with van der Waals surface area (Å²) in [7, 11) is 0. The smallest absolute Gasteiger partial charge is 0.248 e. The molecule has 0 saturated heterocycles. The van der Waals surface area contributed by atoms with Crippen molar-refractivity contribution in [1.29, 1.82) is 5.26 Å². The number of nitriles is 1. The maximum Gasteiger partial charge on any atom is 0.248 e. The second kappa shape index (κ2) is 3.86. The van der Waals surface area contributed by atoms with Crippen molar-refractivity contribution >= 4 is 11.0 Å².